The summed E-state index contributed by atoms with van der Waals surface area (Å²) < 4.78 is 53.9. The lowest BCUT2D eigenvalue weighted by Gasteiger charge is -2.27. The van der Waals surface area contributed by atoms with Crippen molar-refractivity contribution >= 4 is 20.0 Å². The molecule has 1 heterocycles. The van der Waals surface area contributed by atoms with Crippen molar-refractivity contribution < 1.29 is 21.7 Å². The Labute approximate surface area is 170 Å². The van der Waals surface area contributed by atoms with Crippen LogP contribution in [0.4, 0.5) is 0 Å². The monoisotopic (exact) mass is 432 g/mol. The first-order chi connectivity index (χ1) is 13.2. The molecule has 28 heavy (non-hydrogen) atoms. The average molecular weight is 433 g/mol. The number of nitrogens with zero attached hydrogens (tertiary/aromatic N) is 1. The van der Waals surface area contributed by atoms with Crippen LogP contribution in [0.3, 0.4) is 0 Å². The van der Waals surface area contributed by atoms with E-state index in [2.05, 4.69) is 11.6 Å². The minimum Gasteiger partial charge on any atom is -0.335 e. The first-order valence-corrected chi connectivity index (χ1v) is 13.1. The zero-order valence-electron chi connectivity index (χ0n) is 17.1. The predicted octanol–water partition coefficient (Wildman–Crippen LogP) is 0.700. The van der Waals surface area contributed by atoms with Crippen LogP contribution in [0.2, 0.25) is 0 Å². The third-order valence-electron chi connectivity index (χ3n) is 5.46. The van der Waals surface area contributed by atoms with Gasteiger partial charge in [-0.05, 0) is 43.0 Å². The summed E-state index contributed by atoms with van der Waals surface area (Å²) >= 11 is 0. The smallest absolute Gasteiger partial charge is 0.243 e. The van der Waals surface area contributed by atoms with E-state index in [4.69, 9.17) is 0 Å². The van der Waals surface area contributed by atoms with Gasteiger partial charge < -0.3 is 4.90 Å². The van der Waals surface area contributed by atoms with Crippen molar-refractivity contribution in [2.45, 2.75) is 49.8 Å². The molecule has 2 N–H and O–H groups in total. The van der Waals surface area contributed by atoms with Gasteiger partial charge in [-0.2, -0.15) is 4.31 Å². The third-order valence-corrected chi connectivity index (χ3v) is 9.00. The van der Waals surface area contributed by atoms with Crippen molar-refractivity contribution in [3.05, 3.63) is 24.3 Å². The van der Waals surface area contributed by atoms with E-state index in [-0.39, 0.29) is 9.79 Å². The standard InChI is InChI=1S/C19H33N3O4S2/c1-4-22(5-2)28(25,26)19-9-7-18(8-10-19)27(23,24)20-13-6-14-21-15-11-17(3)12-16-21/h7-10,17,20H,4-6,11-16H2,1-3H3/p+1. The lowest BCUT2D eigenvalue weighted by atomic mass is 9.99. The Kier molecular flexibility index (Phi) is 8.44. The van der Waals surface area contributed by atoms with Gasteiger partial charge in [0, 0.05) is 26.1 Å². The molecule has 0 atom stereocenters. The van der Waals surface area contributed by atoms with Crippen molar-refractivity contribution in [2.75, 3.05) is 39.3 Å². The molecule has 1 fully saturated rings. The number of rotatable bonds is 10. The number of likely N-dealkylation sites (tertiary alicyclic amines) is 1. The first-order valence-electron chi connectivity index (χ1n) is 10.1. The molecule has 0 aromatic heterocycles. The van der Waals surface area contributed by atoms with Crippen LogP contribution in [0, 0.1) is 5.92 Å². The maximum Gasteiger partial charge on any atom is 0.243 e. The van der Waals surface area contributed by atoms with E-state index < -0.39 is 20.0 Å². The average Bonchev–Trinajstić information content (AvgIpc) is 2.67. The fraction of sp³-hybridized carbons (Fsp3) is 0.684. The lowest BCUT2D eigenvalue weighted by molar-refractivity contribution is -0.906. The zero-order valence-corrected chi connectivity index (χ0v) is 18.8. The van der Waals surface area contributed by atoms with E-state index in [1.54, 1.807) is 18.7 Å². The van der Waals surface area contributed by atoms with Gasteiger partial charge in [-0.3, -0.25) is 0 Å². The topological polar surface area (TPSA) is 88.0 Å². The second kappa shape index (κ2) is 10.2. The van der Waals surface area contributed by atoms with E-state index in [0.717, 1.165) is 32.0 Å². The molecular formula is C19H34N3O4S2+. The van der Waals surface area contributed by atoms with Crippen molar-refractivity contribution in [3.8, 4) is 0 Å². The Morgan fingerprint density at radius 1 is 1.00 bits per heavy atom. The molecule has 0 aliphatic carbocycles. The SMILES string of the molecule is CCN(CC)S(=O)(=O)c1ccc(S(=O)(=O)NCCC[NH+]2CCC(C)CC2)cc1. The molecule has 0 amide bonds. The second-order valence-electron chi connectivity index (χ2n) is 7.49. The van der Waals surface area contributed by atoms with E-state index in [1.165, 1.54) is 41.4 Å². The molecule has 7 nitrogen and oxygen atoms in total. The summed E-state index contributed by atoms with van der Waals surface area (Å²) in [7, 11) is -7.22. The van der Waals surface area contributed by atoms with Gasteiger partial charge in [-0.1, -0.05) is 20.8 Å². The number of hydrogen-bond donors (Lipinski definition) is 2. The summed E-state index contributed by atoms with van der Waals surface area (Å²) in [6.07, 6.45) is 3.27. The summed E-state index contributed by atoms with van der Waals surface area (Å²) in [6.45, 7) is 10.3. The van der Waals surface area contributed by atoms with Crippen molar-refractivity contribution in [2.24, 2.45) is 5.92 Å². The summed E-state index contributed by atoms with van der Waals surface area (Å²) in [5.41, 5.74) is 0. The normalized spacial score (nSPS) is 21.1. The summed E-state index contributed by atoms with van der Waals surface area (Å²) in [4.78, 5) is 1.74. The molecule has 0 spiro atoms. The van der Waals surface area contributed by atoms with Crippen LogP contribution >= 0.6 is 0 Å². The number of sulfonamides is 2. The lowest BCUT2D eigenvalue weighted by Crippen LogP contribution is -3.13. The Morgan fingerprint density at radius 3 is 2.07 bits per heavy atom. The molecular weight excluding hydrogens is 398 g/mol. The summed E-state index contributed by atoms with van der Waals surface area (Å²) in [5, 5.41) is 0. The van der Waals surface area contributed by atoms with Crippen LogP contribution < -0.4 is 9.62 Å². The van der Waals surface area contributed by atoms with E-state index in [9.17, 15) is 16.8 Å². The molecule has 0 unspecified atom stereocenters. The van der Waals surface area contributed by atoms with Gasteiger partial charge >= 0.3 is 0 Å². The van der Waals surface area contributed by atoms with Crippen LogP contribution in [-0.2, 0) is 20.0 Å². The fourth-order valence-corrected chi connectivity index (χ4v) is 6.08. The number of benzene rings is 1. The summed E-state index contributed by atoms with van der Waals surface area (Å²) in [6, 6.07) is 5.44. The molecule has 1 saturated heterocycles. The van der Waals surface area contributed by atoms with Crippen LogP contribution in [-0.4, -0.2) is 60.4 Å². The fourth-order valence-electron chi connectivity index (χ4n) is 3.55. The van der Waals surface area contributed by atoms with Crippen molar-refractivity contribution in [3.63, 3.8) is 0 Å². The Bertz CT molecular complexity index is 811. The van der Waals surface area contributed by atoms with Gasteiger partial charge in [0.1, 0.15) is 0 Å². The van der Waals surface area contributed by atoms with Gasteiger partial charge in [-0.25, -0.2) is 21.6 Å². The Hall–Kier alpha value is -1.00. The molecule has 0 saturated carbocycles. The highest BCUT2D eigenvalue weighted by molar-refractivity contribution is 7.89. The van der Waals surface area contributed by atoms with Gasteiger partial charge in [0.2, 0.25) is 20.0 Å². The molecule has 1 aliphatic rings. The van der Waals surface area contributed by atoms with E-state index in [0.29, 0.717) is 19.6 Å². The highest BCUT2D eigenvalue weighted by Crippen LogP contribution is 2.18. The quantitative estimate of drug-likeness (QED) is 0.533. The third kappa shape index (κ3) is 6.00. The minimum absolute atomic E-state index is 0.0881. The maximum atomic E-state index is 12.5. The Morgan fingerprint density at radius 2 is 1.54 bits per heavy atom. The van der Waals surface area contributed by atoms with Crippen molar-refractivity contribution in [1.82, 2.24) is 9.03 Å². The highest BCUT2D eigenvalue weighted by Gasteiger charge is 2.23. The maximum absolute atomic E-state index is 12.5. The van der Waals surface area contributed by atoms with E-state index in [1.807, 2.05) is 0 Å². The van der Waals surface area contributed by atoms with Gasteiger partial charge in [0.05, 0.1) is 29.4 Å². The molecule has 9 heteroatoms. The number of quaternary nitrogens is 1. The Balaban J connectivity index is 1.91. The van der Waals surface area contributed by atoms with Crippen LogP contribution in [0.15, 0.2) is 34.1 Å². The predicted molar refractivity (Wildman–Crippen MR) is 110 cm³/mol. The number of piperidine rings is 1. The molecule has 1 aromatic rings. The zero-order chi connectivity index (χ0) is 20.8. The van der Waals surface area contributed by atoms with Crippen LogP contribution in [0.25, 0.3) is 0 Å². The summed E-state index contributed by atoms with van der Waals surface area (Å²) in [5.74, 6) is 0.802. The van der Waals surface area contributed by atoms with Gasteiger partial charge in [-0.15, -0.1) is 0 Å². The van der Waals surface area contributed by atoms with Gasteiger partial charge in [0.15, 0.2) is 0 Å². The highest BCUT2D eigenvalue weighted by atomic mass is 32.2. The molecule has 2 rings (SSSR count). The van der Waals surface area contributed by atoms with E-state index >= 15 is 0 Å². The second-order valence-corrected chi connectivity index (χ2v) is 11.2. The molecule has 0 radical (unpaired) electrons. The number of hydrogen-bond acceptors (Lipinski definition) is 4. The molecule has 1 aromatic carbocycles. The van der Waals surface area contributed by atoms with Crippen molar-refractivity contribution in [1.29, 1.82) is 0 Å². The van der Waals surface area contributed by atoms with Crippen LogP contribution in [0.1, 0.15) is 40.0 Å². The molecule has 1 aliphatic heterocycles. The molecule has 0 bridgehead atoms. The van der Waals surface area contributed by atoms with Gasteiger partial charge in [0.25, 0.3) is 0 Å². The number of nitrogens with one attached hydrogen (secondary N) is 2. The van der Waals surface area contributed by atoms with Crippen LogP contribution in [0.5, 0.6) is 0 Å². The minimum atomic E-state index is -3.63. The largest absolute Gasteiger partial charge is 0.335 e. The molecule has 160 valence electrons. The first kappa shape index (κ1) is 23.3.